The molecule has 0 heterocycles. The van der Waals surface area contributed by atoms with Gasteiger partial charge in [-0.05, 0) is 38.1 Å². The summed E-state index contributed by atoms with van der Waals surface area (Å²) in [4.78, 5) is 24.3. The summed E-state index contributed by atoms with van der Waals surface area (Å²) in [6, 6.07) is 6.55. The van der Waals surface area contributed by atoms with E-state index in [4.69, 9.17) is 4.74 Å². The molecule has 0 aliphatic carbocycles. The van der Waals surface area contributed by atoms with Gasteiger partial charge in [-0.2, -0.15) is 0 Å². The minimum absolute atomic E-state index is 0.0982. The number of hydrogen-bond donors (Lipinski definition) is 2. The minimum atomic E-state index is -0.369. The maximum atomic E-state index is 11.9. The quantitative estimate of drug-likeness (QED) is 0.420. The second kappa shape index (κ2) is 9.13. The molecule has 0 radical (unpaired) electrons. The molecule has 1 aromatic rings. The molecule has 0 bridgehead atoms. The van der Waals surface area contributed by atoms with Crippen LogP contribution in [0.15, 0.2) is 24.3 Å². The van der Waals surface area contributed by atoms with Crippen LogP contribution in [-0.2, 0) is 4.79 Å². The molecule has 0 aromatic heterocycles. The van der Waals surface area contributed by atoms with Crippen molar-refractivity contribution in [2.75, 3.05) is 26.2 Å². The van der Waals surface area contributed by atoms with Gasteiger partial charge in [-0.15, -0.1) is 0 Å². The Bertz CT molecular complexity index is 453. The predicted octanol–water partition coefficient (Wildman–Crippen LogP) is 0.657. The van der Waals surface area contributed by atoms with E-state index in [1.807, 2.05) is 0 Å². The number of hydrogen-bond acceptors (Lipinski definition) is 3. The van der Waals surface area contributed by atoms with Crippen molar-refractivity contribution in [1.29, 1.82) is 0 Å². The molecule has 1 aromatic carbocycles. The summed E-state index contributed by atoms with van der Waals surface area (Å²) in [6.07, 6.45) is 0.967. The number of carbonyl (C=O) groups excluding carboxylic acids is 2. The van der Waals surface area contributed by atoms with E-state index in [9.17, 15) is 9.59 Å². The lowest BCUT2D eigenvalue weighted by molar-refractivity contribution is -0.896. The summed E-state index contributed by atoms with van der Waals surface area (Å²) in [5, 5.41) is 2.90. The topological polar surface area (TPSA) is 59.8 Å². The van der Waals surface area contributed by atoms with Gasteiger partial charge < -0.3 is 15.0 Å². The zero-order chi connectivity index (χ0) is 15.7. The van der Waals surface area contributed by atoms with Crippen molar-refractivity contribution >= 4 is 11.9 Å². The van der Waals surface area contributed by atoms with Gasteiger partial charge in [0.25, 0.3) is 5.91 Å². The molecular weight excluding hydrogens is 268 g/mol. The van der Waals surface area contributed by atoms with E-state index in [0.717, 1.165) is 26.1 Å². The highest BCUT2D eigenvalue weighted by Gasteiger charge is 2.07. The molecule has 21 heavy (non-hydrogen) atoms. The zero-order valence-corrected chi connectivity index (χ0v) is 13.1. The number of amides is 1. The summed E-state index contributed by atoms with van der Waals surface area (Å²) >= 11 is 0. The first-order chi connectivity index (χ1) is 10.1. The lowest BCUT2D eigenvalue weighted by Gasteiger charge is -2.15. The minimum Gasteiger partial charge on any atom is -0.427 e. The molecule has 0 unspecified atom stereocenters. The van der Waals surface area contributed by atoms with Crippen molar-refractivity contribution in [3.63, 3.8) is 0 Å². The standard InChI is InChI=1S/C16H24N2O3/c1-4-18(5-2)12-6-11-17-16(20)14-7-9-15(10-8-14)21-13(3)19/h7-10H,4-6,11-12H2,1-3H3,(H,17,20)/p+1. The number of rotatable bonds is 8. The third-order valence-electron chi connectivity index (χ3n) is 3.37. The number of carbonyl (C=O) groups is 2. The van der Waals surface area contributed by atoms with Crippen LogP contribution in [0.2, 0.25) is 0 Å². The molecule has 0 saturated carbocycles. The van der Waals surface area contributed by atoms with Crippen LogP contribution < -0.4 is 15.0 Å². The van der Waals surface area contributed by atoms with Crippen LogP contribution in [0.25, 0.3) is 0 Å². The molecule has 0 aliphatic heterocycles. The van der Waals surface area contributed by atoms with Gasteiger partial charge in [0.2, 0.25) is 0 Å². The highest BCUT2D eigenvalue weighted by molar-refractivity contribution is 5.94. The molecular formula is C16H25N2O3+. The molecule has 0 fully saturated rings. The Kier molecular flexibility index (Phi) is 7.46. The number of quaternary nitrogens is 1. The fraction of sp³-hybridized carbons (Fsp3) is 0.500. The van der Waals surface area contributed by atoms with Gasteiger partial charge in [0.15, 0.2) is 0 Å². The monoisotopic (exact) mass is 293 g/mol. The smallest absolute Gasteiger partial charge is 0.308 e. The van der Waals surface area contributed by atoms with Gasteiger partial charge in [-0.3, -0.25) is 9.59 Å². The van der Waals surface area contributed by atoms with Crippen LogP contribution in [0.3, 0.4) is 0 Å². The third kappa shape index (κ3) is 6.40. The first kappa shape index (κ1) is 17.2. The van der Waals surface area contributed by atoms with Crippen molar-refractivity contribution in [1.82, 2.24) is 5.32 Å². The second-order valence-corrected chi connectivity index (χ2v) is 4.93. The third-order valence-corrected chi connectivity index (χ3v) is 3.37. The molecule has 0 atom stereocenters. The summed E-state index contributed by atoms with van der Waals surface area (Å²) in [5.41, 5.74) is 0.570. The van der Waals surface area contributed by atoms with Crippen LogP contribution in [-0.4, -0.2) is 38.1 Å². The fourth-order valence-electron chi connectivity index (χ4n) is 2.09. The van der Waals surface area contributed by atoms with Crippen molar-refractivity contribution in [2.24, 2.45) is 0 Å². The Hall–Kier alpha value is -1.88. The van der Waals surface area contributed by atoms with Crippen LogP contribution in [0, 0.1) is 0 Å². The number of esters is 1. The van der Waals surface area contributed by atoms with E-state index in [0.29, 0.717) is 17.9 Å². The van der Waals surface area contributed by atoms with Crippen molar-refractivity contribution in [2.45, 2.75) is 27.2 Å². The zero-order valence-electron chi connectivity index (χ0n) is 13.1. The molecule has 2 N–H and O–H groups in total. The molecule has 5 heteroatoms. The van der Waals surface area contributed by atoms with Gasteiger partial charge in [0.05, 0.1) is 19.6 Å². The van der Waals surface area contributed by atoms with E-state index in [2.05, 4.69) is 19.2 Å². The first-order valence-corrected chi connectivity index (χ1v) is 7.47. The second-order valence-electron chi connectivity index (χ2n) is 4.93. The average molecular weight is 293 g/mol. The van der Waals surface area contributed by atoms with Crippen LogP contribution in [0.1, 0.15) is 37.6 Å². The molecule has 0 aliphatic rings. The Morgan fingerprint density at radius 3 is 2.29 bits per heavy atom. The van der Waals surface area contributed by atoms with E-state index < -0.39 is 0 Å². The van der Waals surface area contributed by atoms with Crippen LogP contribution in [0.5, 0.6) is 5.75 Å². The Morgan fingerprint density at radius 2 is 1.76 bits per heavy atom. The summed E-state index contributed by atoms with van der Waals surface area (Å²) in [6.45, 7) is 9.65. The fourth-order valence-corrected chi connectivity index (χ4v) is 2.09. The Morgan fingerprint density at radius 1 is 1.14 bits per heavy atom. The molecule has 0 spiro atoms. The summed E-state index contributed by atoms with van der Waals surface area (Å²) in [5.74, 6) is -0.0193. The SMILES string of the molecule is CC[NH+](CC)CCCNC(=O)c1ccc(OC(C)=O)cc1. The van der Waals surface area contributed by atoms with Gasteiger partial charge >= 0.3 is 5.97 Å². The average Bonchev–Trinajstić information content (AvgIpc) is 2.47. The van der Waals surface area contributed by atoms with E-state index in [1.54, 1.807) is 24.3 Å². The highest BCUT2D eigenvalue weighted by atomic mass is 16.5. The predicted molar refractivity (Wildman–Crippen MR) is 81.6 cm³/mol. The number of nitrogens with one attached hydrogen (secondary N) is 2. The van der Waals surface area contributed by atoms with Gasteiger partial charge in [-0.1, -0.05) is 0 Å². The molecule has 5 nitrogen and oxygen atoms in total. The number of ether oxygens (including phenoxy) is 1. The highest BCUT2D eigenvalue weighted by Crippen LogP contribution is 2.12. The normalized spacial score (nSPS) is 10.5. The van der Waals surface area contributed by atoms with Crippen molar-refractivity contribution < 1.29 is 19.2 Å². The van der Waals surface area contributed by atoms with Crippen LogP contribution in [0.4, 0.5) is 0 Å². The number of benzene rings is 1. The maximum absolute atomic E-state index is 11.9. The lowest BCUT2D eigenvalue weighted by atomic mass is 10.2. The lowest BCUT2D eigenvalue weighted by Crippen LogP contribution is -3.11. The van der Waals surface area contributed by atoms with Gasteiger partial charge in [0.1, 0.15) is 5.75 Å². The maximum Gasteiger partial charge on any atom is 0.308 e. The largest absolute Gasteiger partial charge is 0.427 e. The Labute approximate surface area is 126 Å². The van der Waals surface area contributed by atoms with Gasteiger partial charge in [0, 0.05) is 25.5 Å². The van der Waals surface area contributed by atoms with Gasteiger partial charge in [-0.25, -0.2) is 0 Å². The van der Waals surface area contributed by atoms with Crippen molar-refractivity contribution in [3.8, 4) is 5.75 Å². The Balaban J connectivity index is 2.36. The molecule has 0 saturated heterocycles. The molecule has 1 rings (SSSR count). The van der Waals surface area contributed by atoms with E-state index in [-0.39, 0.29) is 11.9 Å². The summed E-state index contributed by atoms with van der Waals surface area (Å²) < 4.78 is 4.93. The molecule has 116 valence electrons. The molecule has 1 amide bonds. The first-order valence-electron chi connectivity index (χ1n) is 7.47. The van der Waals surface area contributed by atoms with E-state index in [1.165, 1.54) is 11.8 Å². The van der Waals surface area contributed by atoms with Crippen molar-refractivity contribution in [3.05, 3.63) is 29.8 Å². The van der Waals surface area contributed by atoms with E-state index >= 15 is 0 Å². The van der Waals surface area contributed by atoms with Crippen LogP contribution >= 0.6 is 0 Å². The summed E-state index contributed by atoms with van der Waals surface area (Å²) in [7, 11) is 0.